The number of rotatable bonds is 15. The van der Waals surface area contributed by atoms with Crippen molar-refractivity contribution in [2.75, 3.05) is 43.9 Å². The zero-order valence-electron chi connectivity index (χ0n) is 27.3. The van der Waals surface area contributed by atoms with Crippen molar-refractivity contribution in [3.8, 4) is 22.4 Å². The molecule has 0 saturated carbocycles. The zero-order chi connectivity index (χ0) is 34.6. The van der Waals surface area contributed by atoms with E-state index in [1.165, 1.54) is 23.1 Å². The maximum atomic E-state index is 13.0. The van der Waals surface area contributed by atoms with Crippen LogP contribution < -0.4 is 21.5 Å². The summed E-state index contributed by atoms with van der Waals surface area (Å²) in [6.07, 6.45) is 5.64. The molecule has 4 rings (SSSR count). The van der Waals surface area contributed by atoms with Crippen LogP contribution in [0.25, 0.3) is 22.4 Å². The normalized spacial score (nSPS) is 11.7. The summed E-state index contributed by atoms with van der Waals surface area (Å²) < 4.78 is 1.28. The first-order valence-electron chi connectivity index (χ1n) is 15.9. The Kier molecular flexibility index (Phi) is 13.5. The number of carbonyl (C=O) groups excluding carboxylic acids is 2. The molecule has 4 N–H and O–H groups in total. The number of halogens is 2. The summed E-state index contributed by atoms with van der Waals surface area (Å²) in [6.45, 7) is 6.38. The molecule has 3 amide bonds. The molecule has 0 fully saturated rings. The molecule has 0 saturated heterocycles. The number of hydrogen-bond donors (Lipinski definition) is 4. The largest absolute Gasteiger partial charge is 0.395 e. The molecular weight excluding hydrogens is 653 g/mol. The fraction of sp³-hybridized carbons (Fsp3) is 0.343. The van der Waals surface area contributed by atoms with Gasteiger partial charge in [0.05, 0.1) is 34.0 Å². The number of benzene rings is 2. The Morgan fingerprint density at radius 1 is 0.938 bits per heavy atom. The quantitative estimate of drug-likeness (QED) is 0.108. The van der Waals surface area contributed by atoms with Gasteiger partial charge in [0.2, 0.25) is 5.91 Å². The molecule has 11 nitrogen and oxygen atoms in total. The second-order valence-corrected chi connectivity index (χ2v) is 12.2. The van der Waals surface area contributed by atoms with Gasteiger partial charge in [-0.15, -0.1) is 0 Å². The summed E-state index contributed by atoms with van der Waals surface area (Å²) in [5.74, 6) is -0.307. The lowest BCUT2D eigenvalue weighted by atomic mass is 9.96. The lowest BCUT2D eigenvalue weighted by Crippen LogP contribution is -2.29. The van der Waals surface area contributed by atoms with Gasteiger partial charge in [-0.2, -0.15) is 5.10 Å². The van der Waals surface area contributed by atoms with Gasteiger partial charge in [0, 0.05) is 37.6 Å². The molecule has 4 aromatic rings. The highest BCUT2D eigenvalue weighted by atomic mass is 35.5. The van der Waals surface area contributed by atoms with E-state index in [9.17, 15) is 14.4 Å². The molecule has 0 aliphatic carbocycles. The number of nitrogens with zero attached hydrogens (tertiary/aromatic N) is 4. The second kappa shape index (κ2) is 17.7. The standard InChI is InChI=1S/C35H41Cl2N7O4/c1-4-44-34(47)31(40-35(48)41-32-28(36)21-38-22-29(32)37)20-30(42-44)27-10-8-9-26(19-27)25-13-11-24(12-14-25)23(2)33(46)39-15-6-5-7-16-43(3)17-18-45/h8-14,19-23,45H,4-7,15-18H2,1-3H3,(H,39,46)(H2,38,40,41,48)/t23-/m0/s1. The average molecular weight is 695 g/mol. The Morgan fingerprint density at radius 3 is 2.33 bits per heavy atom. The van der Waals surface area contributed by atoms with Crippen molar-refractivity contribution >= 4 is 46.5 Å². The molecule has 0 spiro atoms. The van der Waals surface area contributed by atoms with Crippen molar-refractivity contribution in [3.05, 3.63) is 93.0 Å². The van der Waals surface area contributed by atoms with E-state index in [1.807, 2.05) is 62.5 Å². The number of anilines is 2. The van der Waals surface area contributed by atoms with Crippen LogP contribution in [0.5, 0.6) is 0 Å². The molecule has 0 unspecified atom stereocenters. The topological polar surface area (TPSA) is 141 Å². The Balaban J connectivity index is 1.42. The highest BCUT2D eigenvalue weighted by Gasteiger charge is 2.17. The number of carbonyl (C=O) groups is 2. The van der Waals surface area contributed by atoms with Crippen LogP contribution in [-0.4, -0.2) is 70.0 Å². The molecule has 48 heavy (non-hydrogen) atoms. The van der Waals surface area contributed by atoms with Gasteiger partial charge in [-0.05, 0) is 69.1 Å². The van der Waals surface area contributed by atoms with Crippen molar-refractivity contribution < 1.29 is 14.7 Å². The molecule has 2 aromatic carbocycles. The van der Waals surface area contributed by atoms with Crippen LogP contribution in [0.1, 0.15) is 44.6 Å². The van der Waals surface area contributed by atoms with Gasteiger partial charge < -0.3 is 26.0 Å². The zero-order valence-corrected chi connectivity index (χ0v) is 28.8. The molecule has 0 radical (unpaired) electrons. The van der Waals surface area contributed by atoms with Gasteiger partial charge in [-0.1, -0.05) is 72.1 Å². The summed E-state index contributed by atoms with van der Waals surface area (Å²) in [5, 5.41) is 22.0. The minimum atomic E-state index is -0.697. The van der Waals surface area contributed by atoms with Crippen LogP contribution >= 0.6 is 23.2 Å². The number of pyridine rings is 1. The van der Waals surface area contributed by atoms with Gasteiger partial charge in [0.1, 0.15) is 5.69 Å². The molecule has 13 heteroatoms. The first-order chi connectivity index (χ1) is 23.1. The minimum absolute atomic E-state index is 0.00987. The van der Waals surface area contributed by atoms with Crippen molar-refractivity contribution in [2.24, 2.45) is 0 Å². The maximum Gasteiger partial charge on any atom is 0.323 e. The van der Waals surface area contributed by atoms with Crippen molar-refractivity contribution in [1.82, 2.24) is 25.0 Å². The molecule has 1 atom stereocenters. The Bertz CT molecular complexity index is 1740. The highest BCUT2D eigenvalue weighted by molar-refractivity contribution is 6.39. The minimum Gasteiger partial charge on any atom is -0.395 e. The molecular formula is C35H41Cl2N7O4. The molecule has 2 heterocycles. The Hall–Kier alpha value is -4.29. The van der Waals surface area contributed by atoms with E-state index in [0.29, 0.717) is 25.3 Å². The van der Waals surface area contributed by atoms with E-state index in [-0.39, 0.29) is 39.9 Å². The molecule has 0 bridgehead atoms. The smallest absolute Gasteiger partial charge is 0.323 e. The van der Waals surface area contributed by atoms with Crippen molar-refractivity contribution in [1.29, 1.82) is 0 Å². The van der Waals surface area contributed by atoms with Crippen LogP contribution in [0.15, 0.2) is 71.8 Å². The van der Waals surface area contributed by atoms with Gasteiger partial charge in [-0.25, -0.2) is 9.48 Å². The average Bonchev–Trinajstić information content (AvgIpc) is 3.08. The number of aryl methyl sites for hydroxylation is 1. The third-order valence-corrected chi connectivity index (χ3v) is 8.48. The van der Waals surface area contributed by atoms with E-state index in [2.05, 4.69) is 30.9 Å². The van der Waals surface area contributed by atoms with E-state index in [1.54, 1.807) is 6.92 Å². The second-order valence-electron chi connectivity index (χ2n) is 11.4. The number of aliphatic hydroxyl groups is 1. The number of aliphatic hydroxyl groups excluding tert-OH is 1. The predicted octanol–water partition coefficient (Wildman–Crippen LogP) is 6.26. The van der Waals surface area contributed by atoms with Crippen LogP contribution in [-0.2, 0) is 11.3 Å². The van der Waals surface area contributed by atoms with Crippen molar-refractivity contribution in [2.45, 2.75) is 45.6 Å². The monoisotopic (exact) mass is 693 g/mol. The van der Waals surface area contributed by atoms with Crippen LogP contribution in [0.4, 0.5) is 16.2 Å². The lowest BCUT2D eigenvalue weighted by Gasteiger charge is -2.15. The van der Waals surface area contributed by atoms with Crippen LogP contribution in [0.3, 0.4) is 0 Å². The summed E-state index contributed by atoms with van der Waals surface area (Å²) in [5.41, 5.74) is 3.78. The number of unbranched alkanes of at least 4 members (excludes halogenated alkanes) is 2. The number of likely N-dealkylation sites (N-methyl/N-ethyl adjacent to an activating group) is 1. The molecule has 254 valence electrons. The predicted molar refractivity (Wildman–Crippen MR) is 192 cm³/mol. The van der Waals surface area contributed by atoms with E-state index in [0.717, 1.165) is 48.1 Å². The fourth-order valence-electron chi connectivity index (χ4n) is 5.09. The number of urea groups is 1. The number of amides is 3. The van der Waals surface area contributed by atoms with E-state index < -0.39 is 11.6 Å². The van der Waals surface area contributed by atoms with E-state index in [4.69, 9.17) is 28.3 Å². The molecule has 0 aliphatic rings. The molecule has 0 aliphatic heterocycles. The van der Waals surface area contributed by atoms with E-state index >= 15 is 0 Å². The Morgan fingerprint density at radius 2 is 1.65 bits per heavy atom. The van der Waals surface area contributed by atoms with Gasteiger partial charge in [0.15, 0.2) is 0 Å². The summed E-state index contributed by atoms with van der Waals surface area (Å²) in [7, 11) is 1.99. The first-order valence-corrected chi connectivity index (χ1v) is 16.6. The third-order valence-electron chi connectivity index (χ3n) is 7.91. The van der Waals surface area contributed by atoms with Gasteiger partial charge in [0.25, 0.3) is 5.56 Å². The van der Waals surface area contributed by atoms with Crippen LogP contribution in [0.2, 0.25) is 10.0 Å². The van der Waals surface area contributed by atoms with Gasteiger partial charge >= 0.3 is 6.03 Å². The summed E-state index contributed by atoms with van der Waals surface area (Å²) >= 11 is 12.2. The third kappa shape index (κ3) is 9.86. The number of hydrogen-bond acceptors (Lipinski definition) is 7. The summed E-state index contributed by atoms with van der Waals surface area (Å²) in [4.78, 5) is 44.6. The SMILES string of the molecule is CCn1nc(-c2cccc(-c3ccc([C@H](C)C(=O)NCCCCCN(C)CCO)cc3)c2)cc(NC(=O)Nc2c(Cl)cncc2Cl)c1=O. The lowest BCUT2D eigenvalue weighted by molar-refractivity contribution is -0.122. The Labute approximate surface area is 290 Å². The molecule has 2 aromatic heterocycles. The fourth-order valence-corrected chi connectivity index (χ4v) is 5.55. The van der Waals surface area contributed by atoms with Crippen molar-refractivity contribution in [3.63, 3.8) is 0 Å². The maximum absolute atomic E-state index is 13.0. The first kappa shape index (κ1) is 36.5. The van der Waals surface area contributed by atoms with Gasteiger partial charge in [-0.3, -0.25) is 14.6 Å². The summed E-state index contributed by atoms with van der Waals surface area (Å²) in [6, 6.07) is 16.4. The number of aromatic nitrogens is 3. The highest BCUT2D eigenvalue weighted by Crippen LogP contribution is 2.30. The van der Waals surface area contributed by atoms with Crippen LogP contribution in [0, 0.1) is 0 Å². The number of nitrogens with one attached hydrogen (secondary N) is 3.